The molecule has 0 unspecified atom stereocenters. The minimum atomic E-state index is 0.116. The molecule has 2 bridgehead atoms. The summed E-state index contributed by atoms with van der Waals surface area (Å²) in [5, 5.41) is 0. The second-order valence-corrected chi connectivity index (χ2v) is 7.81. The minimum absolute atomic E-state index is 0.116. The molecule has 0 saturated carbocycles. The molecule has 0 radical (unpaired) electrons. The zero-order valence-electron chi connectivity index (χ0n) is 17.8. The largest absolute Gasteiger partial charge is 0.491 e. The van der Waals surface area contributed by atoms with Crippen LogP contribution in [0.15, 0.2) is 42.5 Å². The summed E-state index contributed by atoms with van der Waals surface area (Å²) < 4.78 is 11.8. The van der Waals surface area contributed by atoms with Gasteiger partial charge in [-0.05, 0) is 48.8 Å². The highest BCUT2D eigenvalue weighted by atomic mass is 16.5. The number of fused-ring (bicyclic) bond motifs is 3. The van der Waals surface area contributed by atoms with E-state index in [1.54, 1.807) is 0 Å². The van der Waals surface area contributed by atoms with Crippen LogP contribution >= 0.6 is 0 Å². The molecule has 5 nitrogen and oxygen atoms in total. The van der Waals surface area contributed by atoms with Crippen LogP contribution < -0.4 is 4.74 Å². The molecule has 3 rings (SSSR count). The number of rotatable bonds is 3. The van der Waals surface area contributed by atoms with Crippen LogP contribution in [-0.4, -0.2) is 62.7 Å². The lowest BCUT2D eigenvalue weighted by Crippen LogP contribution is -2.39. The number of benzene rings is 2. The minimum Gasteiger partial charge on any atom is -0.491 e. The van der Waals surface area contributed by atoms with E-state index in [1.165, 1.54) is 16.7 Å². The van der Waals surface area contributed by atoms with Gasteiger partial charge in [0.25, 0.3) is 0 Å². The second-order valence-electron chi connectivity index (χ2n) is 7.81. The highest BCUT2D eigenvalue weighted by Gasteiger charge is 2.16. The molecular weight excluding hydrogens is 364 g/mol. The summed E-state index contributed by atoms with van der Waals surface area (Å²) in [6.07, 6.45) is 1.81. The molecule has 1 amide bonds. The number of hydrogen-bond donors (Lipinski definition) is 0. The third-order valence-corrected chi connectivity index (χ3v) is 5.09. The summed E-state index contributed by atoms with van der Waals surface area (Å²) in [5.74, 6) is 1.04. The van der Waals surface area contributed by atoms with Gasteiger partial charge in [-0.25, -0.2) is 0 Å². The molecule has 5 heteroatoms. The molecule has 0 spiro atoms. The zero-order chi connectivity index (χ0) is 20.6. The van der Waals surface area contributed by atoms with Crippen molar-refractivity contribution in [3.63, 3.8) is 0 Å². The van der Waals surface area contributed by atoms with Gasteiger partial charge in [-0.15, -0.1) is 0 Å². The Labute approximate surface area is 174 Å². The maximum absolute atomic E-state index is 12.7. The molecule has 0 atom stereocenters. The van der Waals surface area contributed by atoms with E-state index in [-0.39, 0.29) is 5.91 Å². The first kappa shape index (κ1) is 21.3. The van der Waals surface area contributed by atoms with Crippen molar-refractivity contribution in [2.45, 2.75) is 26.3 Å². The molecule has 0 fully saturated rings. The summed E-state index contributed by atoms with van der Waals surface area (Å²) >= 11 is 0. The first-order valence-electron chi connectivity index (χ1n) is 10.4. The van der Waals surface area contributed by atoms with Crippen molar-refractivity contribution in [3.05, 3.63) is 64.7 Å². The van der Waals surface area contributed by atoms with Crippen molar-refractivity contribution in [1.29, 1.82) is 0 Å². The van der Waals surface area contributed by atoms with Crippen LogP contribution in [0.1, 0.15) is 29.2 Å². The lowest BCUT2D eigenvalue weighted by atomic mass is 9.99. The molecule has 0 aromatic heterocycles. The van der Waals surface area contributed by atoms with Crippen molar-refractivity contribution in [3.8, 4) is 5.75 Å². The van der Waals surface area contributed by atoms with Gasteiger partial charge >= 0.3 is 0 Å². The number of carbonyl (C=O) groups is 1. The molecule has 29 heavy (non-hydrogen) atoms. The van der Waals surface area contributed by atoms with Crippen LogP contribution in [0, 0.1) is 0 Å². The van der Waals surface area contributed by atoms with Crippen LogP contribution in [0.3, 0.4) is 0 Å². The summed E-state index contributed by atoms with van der Waals surface area (Å²) in [5.41, 5.74) is 4.87. The summed E-state index contributed by atoms with van der Waals surface area (Å²) in [6, 6.07) is 15.0. The van der Waals surface area contributed by atoms with Gasteiger partial charge < -0.3 is 19.3 Å². The van der Waals surface area contributed by atoms with Gasteiger partial charge in [0.05, 0.1) is 19.8 Å². The van der Waals surface area contributed by atoms with Crippen LogP contribution in [-0.2, 0) is 28.9 Å². The Bertz CT molecular complexity index is 820. The van der Waals surface area contributed by atoms with E-state index in [1.807, 2.05) is 23.9 Å². The van der Waals surface area contributed by atoms with E-state index in [4.69, 9.17) is 9.47 Å². The van der Waals surface area contributed by atoms with Crippen molar-refractivity contribution < 1.29 is 14.3 Å². The normalized spacial score (nSPS) is 15.4. The molecule has 0 N–H and O–H groups in total. The summed E-state index contributed by atoms with van der Waals surface area (Å²) in [7, 11) is 3.83. The molecule has 156 valence electrons. The van der Waals surface area contributed by atoms with Gasteiger partial charge in [-0.2, -0.15) is 0 Å². The third kappa shape index (κ3) is 6.31. The van der Waals surface area contributed by atoms with Gasteiger partial charge in [-0.1, -0.05) is 43.3 Å². The maximum Gasteiger partial charge on any atom is 0.237 e. The number of nitrogens with zero attached hydrogens (tertiary/aromatic N) is 2. The predicted octanol–water partition coefficient (Wildman–Crippen LogP) is 3.14. The Balaban J connectivity index is 1.87. The molecule has 1 heterocycles. The fourth-order valence-corrected chi connectivity index (χ4v) is 3.56. The lowest BCUT2D eigenvalue weighted by molar-refractivity contribution is -0.133. The highest BCUT2D eigenvalue weighted by molar-refractivity contribution is 5.78. The molecule has 0 aliphatic carbocycles. The van der Waals surface area contributed by atoms with Gasteiger partial charge in [0, 0.05) is 19.5 Å². The fraction of sp³-hybridized carbons (Fsp3) is 0.458. The van der Waals surface area contributed by atoms with Crippen LogP contribution in [0.4, 0.5) is 0 Å². The Hall–Kier alpha value is -2.37. The van der Waals surface area contributed by atoms with Crippen LogP contribution in [0.5, 0.6) is 5.75 Å². The molecule has 2 aromatic carbocycles. The van der Waals surface area contributed by atoms with Gasteiger partial charge in [0.15, 0.2) is 0 Å². The van der Waals surface area contributed by atoms with E-state index >= 15 is 0 Å². The number of likely N-dealkylation sites (N-methyl/N-ethyl adjacent to an activating group) is 1. The predicted molar refractivity (Wildman–Crippen MR) is 115 cm³/mol. The molecule has 1 aliphatic rings. The van der Waals surface area contributed by atoms with Crippen molar-refractivity contribution in [1.82, 2.24) is 9.80 Å². The first-order valence-corrected chi connectivity index (χ1v) is 10.4. The SMILES string of the molecule is CCc1ccc2c(c1)Cc1cccc(c1)CN(C(=O)CN(C)C)CCOCCO2. The Morgan fingerprint density at radius 1 is 1.07 bits per heavy atom. The average Bonchev–Trinajstić information content (AvgIpc) is 2.69. The number of hydrogen-bond acceptors (Lipinski definition) is 4. The first-order chi connectivity index (χ1) is 14.0. The van der Waals surface area contributed by atoms with E-state index in [9.17, 15) is 4.79 Å². The lowest BCUT2D eigenvalue weighted by Gasteiger charge is -2.25. The van der Waals surface area contributed by atoms with Crippen molar-refractivity contribution >= 4 is 5.91 Å². The summed E-state index contributed by atoms with van der Waals surface area (Å²) in [6.45, 7) is 5.26. The van der Waals surface area contributed by atoms with Crippen molar-refractivity contribution in [2.75, 3.05) is 47.0 Å². The summed E-state index contributed by atoms with van der Waals surface area (Å²) in [4.78, 5) is 16.5. The second kappa shape index (κ2) is 10.4. The monoisotopic (exact) mass is 396 g/mol. The van der Waals surface area contributed by atoms with E-state index in [0.29, 0.717) is 39.5 Å². The van der Waals surface area contributed by atoms with Crippen LogP contribution in [0.2, 0.25) is 0 Å². The molecule has 2 aromatic rings. The standard InChI is InChI=1S/C24H32N2O3/c1-4-19-8-9-23-22(15-19)16-20-6-5-7-21(14-20)17-26(24(27)18-25(2)3)10-11-28-12-13-29-23/h5-9,14-15H,4,10-13,16-18H2,1-3H3. The third-order valence-electron chi connectivity index (χ3n) is 5.09. The van der Waals surface area contributed by atoms with Crippen LogP contribution in [0.25, 0.3) is 0 Å². The Kier molecular flexibility index (Phi) is 7.67. The number of ether oxygens (including phenoxy) is 2. The zero-order valence-corrected chi connectivity index (χ0v) is 17.8. The van der Waals surface area contributed by atoms with E-state index < -0.39 is 0 Å². The number of aryl methyl sites for hydroxylation is 1. The van der Waals surface area contributed by atoms with E-state index in [0.717, 1.165) is 24.2 Å². The number of amides is 1. The fourth-order valence-electron chi connectivity index (χ4n) is 3.56. The van der Waals surface area contributed by atoms with Gasteiger partial charge in [-0.3, -0.25) is 4.79 Å². The van der Waals surface area contributed by atoms with Gasteiger partial charge in [0.1, 0.15) is 12.4 Å². The van der Waals surface area contributed by atoms with Gasteiger partial charge in [0.2, 0.25) is 5.91 Å². The van der Waals surface area contributed by atoms with Crippen molar-refractivity contribution in [2.24, 2.45) is 0 Å². The average molecular weight is 397 g/mol. The quantitative estimate of drug-likeness (QED) is 0.799. The Morgan fingerprint density at radius 2 is 1.90 bits per heavy atom. The van der Waals surface area contributed by atoms with E-state index in [2.05, 4.69) is 49.4 Å². The topological polar surface area (TPSA) is 42.0 Å². The number of carbonyl (C=O) groups excluding carboxylic acids is 1. The molecule has 0 saturated heterocycles. The molecular formula is C24H32N2O3. The smallest absolute Gasteiger partial charge is 0.237 e. The molecule has 1 aliphatic heterocycles. The highest BCUT2D eigenvalue weighted by Crippen LogP contribution is 2.24. The Morgan fingerprint density at radius 3 is 2.69 bits per heavy atom. The maximum atomic E-state index is 12.7.